The van der Waals surface area contributed by atoms with Crippen LogP contribution in [0.3, 0.4) is 0 Å². The molecule has 7 nitrogen and oxygen atoms in total. The van der Waals surface area contributed by atoms with E-state index in [1.54, 1.807) is 18.4 Å². The Bertz CT molecular complexity index is 931. The van der Waals surface area contributed by atoms with Crippen LogP contribution >= 0.6 is 27.7 Å². The van der Waals surface area contributed by atoms with Gasteiger partial charge in [0.15, 0.2) is 23.3 Å². The number of aromatic amines is 1. The maximum absolute atomic E-state index is 12.1. The number of halogens is 1. The van der Waals surface area contributed by atoms with Gasteiger partial charge in [-0.25, -0.2) is 4.98 Å². The fourth-order valence-electron chi connectivity index (χ4n) is 2.07. The number of rotatable bonds is 6. The molecule has 0 fully saturated rings. The first-order valence-corrected chi connectivity index (χ1v) is 9.12. The monoisotopic (exact) mass is 420 g/mol. The second kappa shape index (κ2) is 8.56. The molecular formula is C16H13BrN4O3S. The number of aromatic nitrogens is 2. The van der Waals surface area contributed by atoms with Crippen LogP contribution in [-0.2, 0) is 0 Å². The minimum atomic E-state index is -0.504. The van der Waals surface area contributed by atoms with Crippen molar-refractivity contribution in [2.75, 3.05) is 19.5 Å². The maximum Gasteiger partial charge on any atom is 0.270 e. The Kier molecular flexibility index (Phi) is 6.45. The van der Waals surface area contributed by atoms with Gasteiger partial charge in [0.05, 0.1) is 16.8 Å². The third kappa shape index (κ3) is 4.13. The van der Waals surface area contributed by atoms with E-state index in [1.165, 1.54) is 11.8 Å². The molecule has 1 aromatic carbocycles. The van der Waals surface area contributed by atoms with E-state index in [0.717, 1.165) is 0 Å². The van der Waals surface area contributed by atoms with E-state index in [2.05, 4.69) is 25.9 Å². The Morgan fingerprint density at radius 3 is 2.72 bits per heavy atom. The van der Waals surface area contributed by atoms with E-state index >= 15 is 0 Å². The number of hydrogen-bond acceptors (Lipinski definition) is 7. The van der Waals surface area contributed by atoms with Crippen LogP contribution in [0.5, 0.6) is 11.5 Å². The third-order valence-corrected chi connectivity index (χ3v) is 4.24. The van der Waals surface area contributed by atoms with E-state index in [0.29, 0.717) is 33.3 Å². The lowest BCUT2D eigenvalue weighted by Gasteiger charge is -2.14. The highest BCUT2D eigenvalue weighted by Gasteiger charge is 2.18. The van der Waals surface area contributed by atoms with Gasteiger partial charge in [-0.1, -0.05) is 11.8 Å². The topological polar surface area (TPSA) is 112 Å². The Hall–Kier alpha value is -2.49. The number of hydrogen-bond donors (Lipinski definition) is 1. The minimum absolute atomic E-state index is 0.0853. The van der Waals surface area contributed by atoms with Gasteiger partial charge in [0, 0.05) is 5.56 Å². The average molecular weight is 421 g/mol. The van der Waals surface area contributed by atoms with Crippen LogP contribution in [0.2, 0.25) is 0 Å². The predicted molar refractivity (Wildman–Crippen MR) is 96.8 cm³/mol. The first-order chi connectivity index (χ1) is 12.0. The number of H-pyrrole nitrogens is 1. The first kappa shape index (κ1) is 18.8. The molecule has 0 amide bonds. The Balaban J connectivity index is 2.69. The molecule has 0 unspecified atom stereocenters. The summed E-state index contributed by atoms with van der Waals surface area (Å²) in [4.78, 5) is 19.0. The molecule has 128 valence electrons. The van der Waals surface area contributed by atoms with Crippen molar-refractivity contribution >= 4 is 27.7 Å². The molecule has 1 aromatic heterocycles. The van der Waals surface area contributed by atoms with Gasteiger partial charge < -0.3 is 14.5 Å². The second-order valence-corrected chi connectivity index (χ2v) is 6.23. The second-order valence-electron chi connectivity index (χ2n) is 4.58. The summed E-state index contributed by atoms with van der Waals surface area (Å²) >= 11 is 4.64. The molecule has 9 heteroatoms. The van der Waals surface area contributed by atoms with Gasteiger partial charge in [-0.2, -0.15) is 10.5 Å². The number of benzene rings is 1. The highest BCUT2D eigenvalue weighted by molar-refractivity contribution is 9.10. The van der Waals surface area contributed by atoms with Gasteiger partial charge >= 0.3 is 0 Å². The van der Waals surface area contributed by atoms with E-state index in [-0.39, 0.29) is 17.9 Å². The zero-order valence-corrected chi connectivity index (χ0v) is 15.8. The summed E-state index contributed by atoms with van der Waals surface area (Å²) in [5, 5.41) is 18.4. The normalized spacial score (nSPS) is 9.96. The number of thioether (sulfide) groups is 1. The SMILES string of the molecule is CCOc1cc(-c2nc(SC)[nH]c(=O)c2C#N)cc(Br)c1OCC#N. The molecule has 1 heterocycles. The molecule has 2 rings (SSSR count). The van der Waals surface area contributed by atoms with Crippen molar-refractivity contribution in [3.05, 3.63) is 32.5 Å². The van der Waals surface area contributed by atoms with Crippen molar-refractivity contribution in [3.63, 3.8) is 0 Å². The minimum Gasteiger partial charge on any atom is -0.490 e. The van der Waals surface area contributed by atoms with Gasteiger partial charge in [0.25, 0.3) is 5.56 Å². The summed E-state index contributed by atoms with van der Waals surface area (Å²) in [6.07, 6.45) is 1.77. The molecule has 0 atom stereocenters. The number of nitriles is 2. The summed E-state index contributed by atoms with van der Waals surface area (Å²) in [6.45, 7) is 2.05. The van der Waals surface area contributed by atoms with Crippen molar-refractivity contribution in [2.24, 2.45) is 0 Å². The summed E-state index contributed by atoms with van der Waals surface area (Å²) in [6, 6.07) is 7.09. The van der Waals surface area contributed by atoms with Crippen LogP contribution in [0.25, 0.3) is 11.3 Å². The van der Waals surface area contributed by atoms with Crippen molar-refractivity contribution < 1.29 is 9.47 Å². The highest BCUT2D eigenvalue weighted by Crippen LogP contribution is 2.40. The highest BCUT2D eigenvalue weighted by atomic mass is 79.9. The summed E-state index contributed by atoms with van der Waals surface area (Å²) in [7, 11) is 0. The number of nitrogens with zero attached hydrogens (tertiary/aromatic N) is 3. The molecule has 2 aromatic rings. The van der Waals surface area contributed by atoms with E-state index in [1.807, 2.05) is 19.1 Å². The molecule has 0 spiro atoms. The largest absolute Gasteiger partial charge is 0.490 e. The Labute approximate surface area is 156 Å². The molecule has 0 saturated heterocycles. The lowest BCUT2D eigenvalue weighted by atomic mass is 10.1. The summed E-state index contributed by atoms with van der Waals surface area (Å²) in [5.74, 6) is 0.763. The van der Waals surface area contributed by atoms with Crippen molar-refractivity contribution in [1.82, 2.24) is 9.97 Å². The van der Waals surface area contributed by atoms with Gasteiger partial charge in [-0.15, -0.1) is 0 Å². The van der Waals surface area contributed by atoms with Crippen molar-refractivity contribution in [1.29, 1.82) is 10.5 Å². The van der Waals surface area contributed by atoms with Crippen LogP contribution in [0.4, 0.5) is 0 Å². The standard InChI is InChI=1S/C16H13BrN4O3S/c1-3-23-12-7-9(6-11(17)14(12)24-5-4-18)13-10(8-19)15(22)21-16(20-13)25-2/h6-7H,3,5H2,1-2H3,(H,20,21,22). The lowest BCUT2D eigenvalue weighted by molar-refractivity contribution is 0.297. The maximum atomic E-state index is 12.1. The number of nitrogens with one attached hydrogen (secondary N) is 1. The number of ether oxygens (including phenoxy) is 2. The molecule has 0 aliphatic heterocycles. The predicted octanol–water partition coefficient (Wildman–Crippen LogP) is 3.09. The molecule has 0 radical (unpaired) electrons. The molecule has 0 bridgehead atoms. The van der Waals surface area contributed by atoms with Crippen molar-refractivity contribution in [2.45, 2.75) is 12.1 Å². The fourth-order valence-corrected chi connectivity index (χ4v) is 3.01. The molecule has 0 aliphatic carbocycles. The summed E-state index contributed by atoms with van der Waals surface area (Å²) < 4.78 is 11.5. The van der Waals surface area contributed by atoms with Crippen LogP contribution in [-0.4, -0.2) is 29.4 Å². The fraction of sp³-hybridized carbons (Fsp3) is 0.250. The van der Waals surface area contributed by atoms with Gasteiger partial charge in [0.1, 0.15) is 17.7 Å². The van der Waals surface area contributed by atoms with Crippen LogP contribution in [0.1, 0.15) is 12.5 Å². The molecule has 0 saturated carbocycles. The Morgan fingerprint density at radius 2 is 2.12 bits per heavy atom. The van der Waals surface area contributed by atoms with Gasteiger partial charge in [0.2, 0.25) is 0 Å². The zero-order valence-electron chi connectivity index (χ0n) is 13.4. The third-order valence-electron chi connectivity index (χ3n) is 3.07. The molecule has 0 aliphatic rings. The quantitative estimate of drug-likeness (QED) is 0.564. The smallest absolute Gasteiger partial charge is 0.270 e. The lowest BCUT2D eigenvalue weighted by Crippen LogP contribution is -2.14. The van der Waals surface area contributed by atoms with Gasteiger partial charge in [-0.3, -0.25) is 4.79 Å². The van der Waals surface area contributed by atoms with Crippen LogP contribution in [0.15, 0.2) is 26.6 Å². The van der Waals surface area contributed by atoms with Gasteiger partial charge in [-0.05, 0) is 41.2 Å². The molecular weight excluding hydrogens is 408 g/mol. The zero-order chi connectivity index (χ0) is 18.4. The Morgan fingerprint density at radius 1 is 1.36 bits per heavy atom. The molecule has 25 heavy (non-hydrogen) atoms. The summed E-state index contributed by atoms with van der Waals surface area (Å²) in [5.41, 5.74) is 0.190. The van der Waals surface area contributed by atoms with E-state index < -0.39 is 5.56 Å². The van der Waals surface area contributed by atoms with E-state index in [9.17, 15) is 10.1 Å². The van der Waals surface area contributed by atoms with E-state index in [4.69, 9.17) is 14.7 Å². The van der Waals surface area contributed by atoms with Crippen LogP contribution < -0.4 is 15.0 Å². The average Bonchev–Trinajstić information content (AvgIpc) is 2.60. The van der Waals surface area contributed by atoms with Crippen molar-refractivity contribution in [3.8, 4) is 34.9 Å². The molecule has 1 N–H and O–H groups in total. The first-order valence-electron chi connectivity index (χ1n) is 7.10. The van der Waals surface area contributed by atoms with Crippen LogP contribution in [0, 0.1) is 22.7 Å².